The molecule has 0 aromatic heterocycles. The molecule has 1 saturated heterocycles. The summed E-state index contributed by atoms with van der Waals surface area (Å²) in [5.41, 5.74) is 0. The summed E-state index contributed by atoms with van der Waals surface area (Å²) in [6, 6.07) is 0.437. The Morgan fingerprint density at radius 1 is 1.29 bits per heavy atom. The Morgan fingerprint density at radius 3 is 2.48 bits per heavy atom. The number of aliphatic imine (C=N–C) groups is 1. The lowest BCUT2D eigenvalue weighted by Gasteiger charge is -2.32. The summed E-state index contributed by atoms with van der Waals surface area (Å²) >= 11 is 0. The minimum atomic E-state index is 0.437. The number of nitrogens with zero attached hydrogens (tertiary/aromatic N) is 2. The Bertz CT molecular complexity index is 299. The quantitative estimate of drug-likeness (QED) is 0.553. The number of nitrogens with one attached hydrogen (secondary N) is 2. The van der Waals surface area contributed by atoms with Gasteiger partial charge in [-0.3, -0.25) is 4.99 Å². The van der Waals surface area contributed by atoms with Crippen molar-refractivity contribution in [1.82, 2.24) is 15.5 Å². The van der Waals surface area contributed by atoms with E-state index in [4.69, 9.17) is 4.74 Å². The summed E-state index contributed by atoms with van der Waals surface area (Å²) in [4.78, 5) is 6.81. The lowest BCUT2D eigenvalue weighted by Crippen LogP contribution is -2.47. The molecule has 1 aliphatic rings. The molecule has 0 amide bonds. The van der Waals surface area contributed by atoms with Crippen molar-refractivity contribution in [3.8, 4) is 0 Å². The summed E-state index contributed by atoms with van der Waals surface area (Å²) in [7, 11) is 3.61. The van der Waals surface area contributed by atoms with Crippen LogP contribution in [0.2, 0.25) is 0 Å². The first-order valence-corrected chi connectivity index (χ1v) is 8.25. The molecule has 5 heteroatoms. The molecule has 0 radical (unpaired) electrons. The maximum Gasteiger partial charge on any atom is 0.191 e. The number of ether oxygens (including phenoxy) is 1. The van der Waals surface area contributed by atoms with Gasteiger partial charge in [0.25, 0.3) is 0 Å². The fourth-order valence-electron chi connectivity index (χ4n) is 2.45. The molecule has 2 N–H and O–H groups in total. The smallest absolute Gasteiger partial charge is 0.191 e. The van der Waals surface area contributed by atoms with Crippen LogP contribution in [0.5, 0.6) is 0 Å². The van der Waals surface area contributed by atoms with E-state index in [0.717, 1.165) is 31.6 Å². The van der Waals surface area contributed by atoms with E-state index in [-0.39, 0.29) is 0 Å². The highest BCUT2D eigenvalue weighted by Gasteiger charge is 2.19. The van der Waals surface area contributed by atoms with Crippen LogP contribution in [0.25, 0.3) is 0 Å². The zero-order valence-electron chi connectivity index (χ0n) is 14.5. The third-order valence-corrected chi connectivity index (χ3v) is 4.46. The van der Waals surface area contributed by atoms with Gasteiger partial charge >= 0.3 is 0 Å². The number of piperidine rings is 1. The summed E-state index contributed by atoms with van der Waals surface area (Å²) in [6.07, 6.45) is 2.51. The van der Waals surface area contributed by atoms with Crippen molar-refractivity contribution in [3.63, 3.8) is 0 Å². The molecule has 1 aliphatic heterocycles. The molecule has 0 aliphatic carbocycles. The van der Waals surface area contributed by atoms with Crippen molar-refractivity contribution in [2.45, 2.75) is 39.7 Å². The zero-order chi connectivity index (χ0) is 15.7. The van der Waals surface area contributed by atoms with Gasteiger partial charge in [0.1, 0.15) is 0 Å². The SMILES string of the molecule is CN=C(NCC1CCN(CCOC)CC1)NC(C)C(C)C. The maximum absolute atomic E-state index is 5.14. The summed E-state index contributed by atoms with van der Waals surface area (Å²) in [5, 5.41) is 6.93. The predicted molar refractivity (Wildman–Crippen MR) is 89.8 cm³/mol. The van der Waals surface area contributed by atoms with Crippen LogP contribution in [0.4, 0.5) is 0 Å². The van der Waals surface area contributed by atoms with Crippen molar-refractivity contribution in [3.05, 3.63) is 0 Å². The highest BCUT2D eigenvalue weighted by atomic mass is 16.5. The highest BCUT2D eigenvalue weighted by molar-refractivity contribution is 5.79. The van der Waals surface area contributed by atoms with Crippen molar-refractivity contribution >= 4 is 5.96 Å². The Morgan fingerprint density at radius 2 is 1.95 bits per heavy atom. The van der Waals surface area contributed by atoms with E-state index in [1.807, 2.05) is 7.05 Å². The van der Waals surface area contributed by atoms with Crippen LogP contribution in [0.1, 0.15) is 33.6 Å². The zero-order valence-corrected chi connectivity index (χ0v) is 14.5. The molecule has 1 rings (SSSR count). The van der Waals surface area contributed by atoms with Crippen LogP contribution in [0.15, 0.2) is 4.99 Å². The number of likely N-dealkylation sites (tertiary alicyclic amines) is 1. The van der Waals surface area contributed by atoms with Gasteiger partial charge in [0, 0.05) is 33.3 Å². The van der Waals surface area contributed by atoms with E-state index >= 15 is 0 Å². The number of hydrogen-bond donors (Lipinski definition) is 2. The monoisotopic (exact) mass is 298 g/mol. The highest BCUT2D eigenvalue weighted by Crippen LogP contribution is 2.15. The first-order valence-electron chi connectivity index (χ1n) is 8.25. The minimum absolute atomic E-state index is 0.437. The van der Waals surface area contributed by atoms with Gasteiger partial charge in [0.15, 0.2) is 5.96 Å². The van der Waals surface area contributed by atoms with Crippen LogP contribution in [-0.4, -0.2) is 63.8 Å². The van der Waals surface area contributed by atoms with Crippen LogP contribution in [-0.2, 0) is 4.74 Å². The summed E-state index contributed by atoms with van der Waals surface area (Å²) < 4.78 is 5.14. The van der Waals surface area contributed by atoms with Gasteiger partial charge in [-0.15, -0.1) is 0 Å². The largest absolute Gasteiger partial charge is 0.383 e. The van der Waals surface area contributed by atoms with Crippen LogP contribution in [0, 0.1) is 11.8 Å². The Labute approximate surface area is 130 Å². The Balaban J connectivity index is 2.23. The van der Waals surface area contributed by atoms with Crippen molar-refractivity contribution < 1.29 is 4.74 Å². The summed E-state index contributed by atoms with van der Waals surface area (Å²) in [5.74, 6) is 2.28. The van der Waals surface area contributed by atoms with Gasteiger partial charge in [-0.1, -0.05) is 13.8 Å². The molecule has 0 aromatic carbocycles. The molecule has 124 valence electrons. The molecule has 1 atom stereocenters. The van der Waals surface area contributed by atoms with E-state index in [2.05, 4.69) is 41.3 Å². The van der Waals surface area contributed by atoms with Crippen molar-refractivity contribution in [2.75, 3.05) is 46.9 Å². The van der Waals surface area contributed by atoms with Crippen LogP contribution >= 0.6 is 0 Å². The van der Waals surface area contributed by atoms with E-state index in [1.54, 1.807) is 7.11 Å². The normalized spacial score (nSPS) is 19.8. The second kappa shape index (κ2) is 10.0. The molecule has 0 saturated carbocycles. The van der Waals surface area contributed by atoms with Crippen molar-refractivity contribution in [1.29, 1.82) is 0 Å². The fraction of sp³-hybridized carbons (Fsp3) is 0.938. The number of guanidine groups is 1. The molecular formula is C16H34N4O. The average molecular weight is 298 g/mol. The molecular weight excluding hydrogens is 264 g/mol. The third kappa shape index (κ3) is 7.14. The van der Waals surface area contributed by atoms with Crippen molar-refractivity contribution in [2.24, 2.45) is 16.8 Å². The average Bonchev–Trinajstić information content (AvgIpc) is 2.50. The third-order valence-electron chi connectivity index (χ3n) is 4.46. The second-order valence-electron chi connectivity index (χ2n) is 6.41. The van der Waals surface area contributed by atoms with Crippen LogP contribution in [0.3, 0.4) is 0 Å². The van der Waals surface area contributed by atoms with E-state index in [9.17, 15) is 0 Å². The molecule has 21 heavy (non-hydrogen) atoms. The lowest BCUT2D eigenvalue weighted by molar-refractivity contribution is 0.121. The van der Waals surface area contributed by atoms with E-state index in [1.165, 1.54) is 25.9 Å². The second-order valence-corrected chi connectivity index (χ2v) is 6.41. The van der Waals surface area contributed by atoms with Gasteiger partial charge < -0.3 is 20.3 Å². The molecule has 1 heterocycles. The van der Waals surface area contributed by atoms with E-state index in [0.29, 0.717) is 12.0 Å². The van der Waals surface area contributed by atoms with Gasteiger partial charge in [0.2, 0.25) is 0 Å². The summed E-state index contributed by atoms with van der Waals surface area (Å²) in [6.45, 7) is 11.9. The van der Waals surface area contributed by atoms with Crippen LogP contribution < -0.4 is 10.6 Å². The minimum Gasteiger partial charge on any atom is -0.383 e. The standard InChI is InChI=1S/C16H34N4O/c1-13(2)14(3)19-16(17-4)18-12-15-6-8-20(9-7-15)10-11-21-5/h13-15H,6-12H2,1-5H3,(H2,17,18,19). The fourth-order valence-corrected chi connectivity index (χ4v) is 2.45. The molecule has 1 fully saturated rings. The van der Waals surface area contributed by atoms with E-state index < -0.39 is 0 Å². The number of rotatable bonds is 7. The lowest BCUT2D eigenvalue weighted by atomic mass is 9.97. The Kier molecular flexibility index (Phi) is 8.69. The molecule has 5 nitrogen and oxygen atoms in total. The van der Waals surface area contributed by atoms with Gasteiger partial charge in [0.05, 0.1) is 6.61 Å². The Hall–Kier alpha value is -0.810. The van der Waals surface area contributed by atoms with Gasteiger partial charge in [-0.2, -0.15) is 0 Å². The molecule has 0 aromatic rings. The first kappa shape index (κ1) is 18.2. The van der Waals surface area contributed by atoms with Gasteiger partial charge in [-0.05, 0) is 44.7 Å². The molecule has 0 spiro atoms. The number of methoxy groups -OCH3 is 1. The predicted octanol–water partition coefficient (Wildman–Crippen LogP) is 1.55. The maximum atomic E-state index is 5.14. The van der Waals surface area contributed by atoms with Gasteiger partial charge in [-0.25, -0.2) is 0 Å². The topological polar surface area (TPSA) is 48.9 Å². The number of hydrogen-bond acceptors (Lipinski definition) is 3. The molecule has 0 bridgehead atoms. The first-order chi connectivity index (χ1) is 10.1. The molecule has 1 unspecified atom stereocenters.